The zero-order chi connectivity index (χ0) is 8.18. The maximum atomic E-state index is 5.96. The van der Waals surface area contributed by atoms with Crippen LogP contribution in [0.1, 0.15) is 39.0 Å². The molecule has 0 N–H and O–H groups in total. The summed E-state index contributed by atoms with van der Waals surface area (Å²) >= 11 is 0. The molecule has 0 amide bonds. The van der Waals surface area contributed by atoms with Crippen LogP contribution in [0, 0.1) is 17.8 Å². The molecule has 0 saturated heterocycles. The van der Waals surface area contributed by atoms with Crippen LogP contribution in [0.3, 0.4) is 0 Å². The van der Waals surface area contributed by atoms with Crippen LogP contribution in [0.2, 0.25) is 0 Å². The smallest absolute Gasteiger partial charge is 0.0690 e. The summed E-state index contributed by atoms with van der Waals surface area (Å²) in [5, 5.41) is 0. The van der Waals surface area contributed by atoms with Crippen LogP contribution in [-0.2, 0) is 4.74 Å². The van der Waals surface area contributed by atoms with Crippen molar-refractivity contribution < 1.29 is 4.74 Å². The van der Waals surface area contributed by atoms with Crippen molar-refractivity contribution in [3.05, 3.63) is 0 Å². The van der Waals surface area contributed by atoms with E-state index in [1.165, 1.54) is 32.1 Å². The predicted molar refractivity (Wildman–Crippen MR) is 47.9 cm³/mol. The molecular formula is C11H18O. The van der Waals surface area contributed by atoms with Gasteiger partial charge in [-0.25, -0.2) is 0 Å². The second kappa shape index (κ2) is 2.25. The van der Waals surface area contributed by atoms with Crippen LogP contribution < -0.4 is 0 Å². The van der Waals surface area contributed by atoms with Gasteiger partial charge in [0.2, 0.25) is 0 Å². The fraction of sp³-hybridized carbons (Fsp3) is 1.00. The molecule has 1 nitrogen and oxygen atoms in total. The first kappa shape index (κ1) is 7.37. The van der Waals surface area contributed by atoms with Crippen molar-refractivity contribution in [2.24, 2.45) is 17.8 Å². The van der Waals surface area contributed by atoms with Crippen molar-refractivity contribution in [2.75, 3.05) is 6.61 Å². The Labute approximate surface area is 74.5 Å². The van der Waals surface area contributed by atoms with E-state index in [1.54, 1.807) is 0 Å². The summed E-state index contributed by atoms with van der Waals surface area (Å²) in [6, 6.07) is 0. The fourth-order valence-electron chi connectivity index (χ4n) is 4.22. The van der Waals surface area contributed by atoms with E-state index in [-0.39, 0.29) is 0 Å². The van der Waals surface area contributed by atoms with Gasteiger partial charge in [0.15, 0.2) is 0 Å². The maximum absolute atomic E-state index is 5.96. The molecule has 2 unspecified atom stereocenters. The molecule has 2 atom stereocenters. The SMILES string of the molecule is CCOC12CC3CC(C1)C(C3)C2. The van der Waals surface area contributed by atoms with Crippen molar-refractivity contribution in [3.63, 3.8) is 0 Å². The highest BCUT2D eigenvalue weighted by Gasteiger charge is 2.56. The van der Waals surface area contributed by atoms with Crippen LogP contribution in [-0.4, -0.2) is 12.2 Å². The summed E-state index contributed by atoms with van der Waals surface area (Å²) in [5.41, 5.74) is 0.366. The minimum absolute atomic E-state index is 0.366. The van der Waals surface area contributed by atoms with Gasteiger partial charge in [-0.3, -0.25) is 0 Å². The Balaban J connectivity index is 1.84. The lowest BCUT2D eigenvalue weighted by Gasteiger charge is -2.37. The molecule has 0 spiro atoms. The lowest BCUT2D eigenvalue weighted by Crippen LogP contribution is -2.36. The van der Waals surface area contributed by atoms with Crippen molar-refractivity contribution >= 4 is 0 Å². The molecule has 0 aromatic rings. The second-order valence-electron chi connectivity index (χ2n) is 5.09. The summed E-state index contributed by atoms with van der Waals surface area (Å²) < 4.78 is 5.96. The van der Waals surface area contributed by atoms with Crippen LogP contribution in [0.5, 0.6) is 0 Å². The van der Waals surface area contributed by atoms with Gasteiger partial charge >= 0.3 is 0 Å². The normalized spacial score (nSPS) is 55.2. The molecule has 0 radical (unpaired) electrons. The van der Waals surface area contributed by atoms with E-state index in [4.69, 9.17) is 4.74 Å². The topological polar surface area (TPSA) is 9.23 Å². The predicted octanol–water partition coefficient (Wildman–Crippen LogP) is 2.60. The van der Waals surface area contributed by atoms with Crippen LogP contribution in [0.25, 0.3) is 0 Å². The second-order valence-corrected chi connectivity index (χ2v) is 5.09. The third kappa shape index (κ3) is 0.834. The van der Waals surface area contributed by atoms with Gasteiger partial charge in [0.1, 0.15) is 0 Å². The first-order chi connectivity index (χ1) is 5.81. The third-order valence-electron chi connectivity index (χ3n) is 4.32. The van der Waals surface area contributed by atoms with Crippen LogP contribution >= 0.6 is 0 Å². The average molecular weight is 166 g/mol. The molecule has 0 aromatic heterocycles. The molecular weight excluding hydrogens is 148 g/mol. The molecule has 4 rings (SSSR count). The van der Waals surface area contributed by atoms with Crippen molar-refractivity contribution in [1.82, 2.24) is 0 Å². The monoisotopic (exact) mass is 166 g/mol. The Morgan fingerprint density at radius 2 is 1.83 bits per heavy atom. The molecule has 1 heteroatoms. The van der Waals surface area contributed by atoms with E-state index < -0.39 is 0 Å². The maximum Gasteiger partial charge on any atom is 0.0690 e. The Hall–Kier alpha value is -0.0400. The minimum Gasteiger partial charge on any atom is -0.375 e. The molecule has 0 aromatic carbocycles. The number of rotatable bonds is 2. The summed E-state index contributed by atoms with van der Waals surface area (Å²) in [5.74, 6) is 3.14. The summed E-state index contributed by atoms with van der Waals surface area (Å²) in [4.78, 5) is 0. The van der Waals surface area contributed by atoms with Crippen LogP contribution in [0.4, 0.5) is 0 Å². The Morgan fingerprint density at radius 1 is 1.17 bits per heavy atom. The molecule has 12 heavy (non-hydrogen) atoms. The van der Waals surface area contributed by atoms with E-state index in [1.807, 2.05) is 0 Å². The molecule has 4 bridgehead atoms. The Morgan fingerprint density at radius 3 is 2.33 bits per heavy atom. The van der Waals surface area contributed by atoms with Gasteiger partial charge in [-0.15, -0.1) is 0 Å². The van der Waals surface area contributed by atoms with Crippen molar-refractivity contribution in [3.8, 4) is 0 Å². The van der Waals surface area contributed by atoms with E-state index in [0.29, 0.717) is 5.60 Å². The Kier molecular flexibility index (Phi) is 1.39. The number of ether oxygens (including phenoxy) is 1. The van der Waals surface area contributed by atoms with Gasteiger partial charge in [-0.1, -0.05) is 0 Å². The number of hydrogen-bond donors (Lipinski definition) is 0. The fourth-order valence-corrected chi connectivity index (χ4v) is 4.22. The first-order valence-electron chi connectivity index (χ1n) is 5.45. The molecule has 0 heterocycles. The number of hydrogen-bond acceptors (Lipinski definition) is 1. The molecule has 4 aliphatic rings. The highest BCUT2D eigenvalue weighted by molar-refractivity contribution is 5.07. The standard InChI is InChI=1S/C11H18O/c1-2-12-11-5-8-3-9(6-11)10(4-8)7-11/h8-10H,2-7H2,1H3. The molecule has 4 fully saturated rings. The summed E-state index contributed by atoms with van der Waals surface area (Å²) in [6.45, 7) is 3.06. The van der Waals surface area contributed by atoms with Gasteiger partial charge in [-0.2, -0.15) is 0 Å². The zero-order valence-electron chi connectivity index (χ0n) is 7.88. The molecule has 4 aliphatic carbocycles. The molecule has 4 saturated carbocycles. The highest BCUT2D eigenvalue weighted by atomic mass is 16.5. The minimum atomic E-state index is 0.366. The van der Waals surface area contributed by atoms with Crippen molar-refractivity contribution in [2.45, 2.75) is 44.6 Å². The molecule has 68 valence electrons. The Bertz CT molecular complexity index is 180. The summed E-state index contributed by atoms with van der Waals surface area (Å²) in [6.07, 6.45) is 7.22. The lowest BCUT2D eigenvalue weighted by molar-refractivity contribution is -0.0741. The van der Waals surface area contributed by atoms with E-state index >= 15 is 0 Å². The largest absolute Gasteiger partial charge is 0.375 e. The zero-order valence-corrected chi connectivity index (χ0v) is 7.88. The quantitative estimate of drug-likeness (QED) is 0.612. The van der Waals surface area contributed by atoms with E-state index in [9.17, 15) is 0 Å². The third-order valence-corrected chi connectivity index (χ3v) is 4.32. The van der Waals surface area contributed by atoms with Gasteiger partial charge in [0.05, 0.1) is 5.60 Å². The summed E-state index contributed by atoms with van der Waals surface area (Å²) in [7, 11) is 0. The molecule has 0 aliphatic heterocycles. The highest BCUT2D eigenvalue weighted by Crippen LogP contribution is 2.61. The van der Waals surface area contributed by atoms with Gasteiger partial charge in [-0.05, 0) is 56.8 Å². The van der Waals surface area contributed by atoms with Crippen molar-refractivity contribution in [1.29, 1.82) is 0 Å². The average Bonchev–Trinajstić information content (AvgIpc) is 2.38. The van der Waals surface area contributed by atoms with Gasteiger partial charge in [0, 0.05) is 6.61 Å². The van der Waals surface area contributed by atoms with E-state index in [0.717, 1.165) is 24.4 Å². The van der Waals surface area contributed by atoms with Gasteiger partial charge < -0.3 is 4.74 Å². The van der Waals surface area contributed by atoms with Gasteiger partial charge in [0.25, 0.3) is 0 Å². The first-order valence-corrected chi connectivity index (χ1v) is 5.45. The lowest BCUT2D eigenvalue weighted by atomic mass is 9.78. The van der Waals surface area contributed by atoms with Crippen LogP contribution in [0.15, 0.2) is 0 Å². The van der Waals surface area contributed by atoms with E-state index in [2.05, 4.69) is 6.92 Å².